The van der Waals surface area contributed by atoms with Crippen LogP contribution in [0.4, 0.5) is 10.6 Å². The number of hydrogen-bond donors (Lipinski definition) is 1. The van der Waals surface area contributed by atoms with Gasteiger partial charge in [-0.1, -0.05) is 13.8 Å². The second kappa shape index (κ2) is 12.8. The second-order valence-corrected chi connectivity index (χ2v) is 11.0. The van der Waals surface area contributed by atoms with Crippen LogP contribution in [0, 0.1) is 5.92 Å². The molecule has 3 amide bonds. The monoisotopic (exact) mass is 526 g/mol. The maximum absolute atomic E-state index is 13.1. The van der Waals surface area contributed by atoms with Crippen molar-refractivity contribution in [3.05, 3.63) is 30.3 Å². The Morgan fingerprint density at radius 2 is 1.74 bits per heavy atom. The van der Waals surface area contributed by atoms with E-state index < -0.39 is 0 Å². The average Bonchev–Trinajstić information content (AvgIpc) is 2.89. The summed E-state index contributed by atoms with van der Waals surface area (Å²) in [5, 5.41) is 11.8. The molecule has 1 aliphatic rings. The number of hydrogen-bond acceptors (Lipinski definition) is 7. The molecular weight excluding hydrogens is 484 g/mol. The third kappa shape index (κ3) is 7.97. The minimum atomic E-state index is -0.364. The number of nitrogens with one attached hydrogen (secondary N) is 1. The Morgan fingerprint density at radius 3 is 2.29 bits per heavy atom. The molecule has 1 N–H and O–H groups in total. The highest BCUT2D eigenvalue weighted by atomic mass is 16.5. The van der Waals surface area contributed by atoms with Gasteiger partial charge in [0.1, 0.15) is 18.0 Å². The van der Waals surface area contributed by atoms with Crippen molar-refractivity contribution >= 4 is 17.8 Å². The van der Waals surface area contributed by atoms with E-state index in [1.165, 1.54) is 0 Å². The molecule has 10 heteroatoms. The lowest BCUT2D eigenvalue weighted by Crippen LogP contribution is -2.54. The molecule has 1 aromatic heterocycles. The molecule has 0 saturated carbocycles. The Bertz CT molecular complexity index is 1080. The Hall–Kier alpha value is -3.56. The molecule has 38 heavy (non-hydrogen) atoms. The van der Waals surface area contributed by atoms with Gasteiger partial charge in [-0.2, -0.15) is 0 Å². The van der Waals surface area contributed by atoms with Crippen LogP contribution in [-0.4, -0.2) is 91.0 Å². The highest BCUT2D eigenvalue weighted by molar-refractivity contribution is 5.84. The lowest BCUT2D eigenvalue weighted by molar-refractivity contribution is -0.132. The van der Waals surface area contributed by atoms with Gasteiger partial charge < -0.3 is 29.5 Å². The fourth-order valence-corrected chi connectivity index (χ4v) is 4.16. The van der Waals surface area contributed by atoms with Gasteiger partial charge in [-0.15, -0.1) is 10.2 Å². The van der Waals surface area contributed by atoms with E-state index in [0.29, 0.717) is 55.8 Å². The number of methoxy groups -OCH3 is 2. The van der Waals surface area contributed by atoms with Gasteiger partial charge in [-0.3, -0.25) is 4.79 Å². The van der Waals surface area contributed by atoms with E-state index in [-0.39, 0.29) is 24.0 Å². The maximum atomic E-state index is 13.1. The zero-order valence-electron chi connectivity index (χ0n) is 23.8. The summed E-state index contributed by atoms with van der Waals surface area (Å²) in [6.07, 6.45) is 0.843. The van der Waals surface area contributed by atoms with Crippen LogP contribution >= 0.6 is 0 Å². The summed E-state index contributed by atoms with van der Waals surface area (Å²) in [5.74, 6) is 2.54. The first-order chi connectivity index (χ1) is 18.0. The molecule has 1 aliphatic heterocycles. The SMILES string of the molecule is COc1ccc(-c2ccc(N3CCN(C(=O)CN(CCC(C)C)C(=O)NC(C)(C)C)CC3)nn2)c(OC)c1. The number of piperazine rings is 1. The molecule has 0 radical (unpaired) electrons. The quantitative estimate of drug-likeness (QED) is 0.532. The van der Waals surface area contributed by atoms with E-state index >= 15 is 0 Å². The van der Waals surface area contributed by atoms with E-state index in [1.807, 2.05) is 56.0 Å². The molecule has 0 aliphatic carbocycles. The molecule has 3 rings (SSSR count). The largest absolute Gasteiger partial charge is 0.497 e. The van der Waals surface area contributed by atoms with Gasteiger partial charge in [0, 0.05) is 49.9 Å². The summed E-state index contributed by atoms with van der Waals surface area (Å²) in [7, 11) is 3.23. The lowest BCUT2D eigenvalue weighted by Gasteiger charge is -2.36. The van der Waals surface area contributed by atoms with Gasteiger partial charge in [-0.05, 0) is 57.4 Å². The predicted molar refractivity (Wildman–Crippen MR) is 149 cm³/mol. The fraction of sp³-hybridized carbons (Fsp3) is 0.571. The fourth-order valence-electron chi connectivity index (χ4n) is 4.16. The highest BCUT2D eigenvalue weighted by Crippen LogP contribution is 2.32. The van der Waals surface area contributed by atoms with Crippen molar-refractivity contribution in [3.8, 4) is 22.8 Å². The zero-order chi connectivity index (χ0) is 27.9. The Labute approximate surface area is 226 Å². The normalized spacial score (nSPS) is 13.9. The van der Waals surface area contributed by atoms with E-state index in [2.05, 4.69) is 34.3 Å². The zero-order valence-corrected chi connectivity index (χ0v) is 23.8. The molecule has 1 aromatic carbocycles. The number of carbonyl (C=O) groups is 2. The van der Waals surface area contributed by atoms with Crippen molar-refractivity contribution in [3.63, 3.8) is 0 Å². The average molecular weight is 527 g/mol. The summed E-state index contributed by atoms with van der Waals surface area (Å²) < 4.78 is 10.8. The summed E-state index contributed by atoms with van der Waals surface area (Å²) in [5.41, 5.74) is 1.18. The lowest BCUT2D eigenvalue weighted by atomic mass is 10.1. The van der Waals surface area contributed by atoms with Crippen molar-refractivity contribution in [2.45, 2.75) is 46.6 Å². The van der Waals surface area contributed by atoms with Gasteiger partial charge in [0.05, 0.1) is 19.9 Å². The predicted octanol–water partition coefficient (Wildman–Crippen LogP) is 3.67. The van der Waals surface area contributed by atoms with Gasteiger partial charge in [0.25, 0.3) is 0 Å². The third-order valence-corrected chi connectivity index (χ3v) is 6.36. The van der Waals surface area contributed by atoms with Gasteiger partial charge in [-0.25, -0.2) is 4.79 Å². The number of ether oxygens (including phenoxy) is 2. The van der Waals surface area contributed by atoms with Crippen LogP contribution in [-0.2, 0) is 4.79 Å². The van der Waals surface area contributed by atoms with Crippen LogP contribution in [0.15, 0.2) is 30.3 Å². The molecule has 2 aromatic rings. The minimum absolute atomic E-state index is 0.0366. The molecule has 0 bridgehead atoms. The van der Waals surface area contributed by atoms with E-state index in [9.17, 15) is 9.59 Å². The Balaban J connectivity index is 1.59. The van der Waals surface area contributed by atoms with Crippen molar-refractivity contribution in [1.29, 1.82) is 0 Å². The van der Waals surface area contributed by atoms with Crippen molar-refractivity contribution in [2.24, 2.45) is 5.92 Å². The van der Waals surface area contributed by atoms with Gasteiger partial charge in [0.15, 0.2) is 5.82 Å². The van der Waals surface area contributed by atoms with Gasteiger partial charge >= 0.3 is 6.03 Å². The Morgan fingerprint density at radius 1 is 1.03 bits per heavy atom. The van der Waals surface area contributed by atoms with E-state index in [4.69, 9.17) is 9.47 Å². The summed E-state index contributed by atoms with van der Waals surface area (Å²) >= 11 is 0. The van der Waals surface area contributed by atoms with Gasteiger partial charge in [0.2, 0.25) is 5.91 Å². The van der Waals surface area contributed by atoms with Crippen LogP contribution < -0.4 is 19.7 Å². The van der Waals surface area contributed by atoms with Crippen LogP contribution in [0.25, 0.3) is 11.3 Å². The number of aromatic nitrogens is 2. The number of anilines is 1. The second-order valence-electron chi connectivity index (χ2n) is 11.0. The highest BCUT2D eigenvalue weighted by Gasteiger charge is 2.27. The van der Waals surface area contributed by atoms with E-state index in [0.717, 1.165) is 17.8 Å². The molecule has 0 unspecified atom stereocenters. The van der Waals surface area contributed by atoms with Crippen LogP contribution in [0.5, 0.6) is 11.5 Å². The molecule has 10 nitrogen and oxygen atoms in total. The number of urea groups is 1. The summed E-state index contributed by atoms with van der Waals surface area (Å²) in [4.78, 5) is 31.5. The van der Waals surface area contributed by atoms with E-state index in [1.54, 1.807) is 19.1 Å². The topological polar surface area (TPSA) is 100 Å². The maximum Gasteiger partial charge on any atom is 0.318 e. The molecular formula is C28H42N6O4. The number of carbonyl (C=O) groups excluding carboxylic acids is 2. The first-order valence-electron chi connectivity index (χ1n) is 13.2. The third-order valence-electron chi connectivity index (χ3n) is 6.36. The number of benzene rings is 1. The first-order valence-corrected chi connectivity index (χ1v) is 13.2. The van der Waals surface area contributed by atoms with Crippen molar-refractivity contribution < 1.29 is 19.1 Å². The van der Waals surface area contributed by atoms with Crippen molar-refractivity contribution in [2.75, 3.05) is 58.4 Å². The molecule has 208 valence electrons. The molecule has 0 spiro atoms. The molecule has 0 atom stereocenters. The molecule has 2 heterocycles. The molecule has 1 saturated heterocycles. The summed E-state index contributed by atoms with van der Waals surface area (Å²) in [6, 6.07) is 9.24. The standard InChI is InChI=1S/C28H42N6O4/c1-20(2)12-13-34(27(36)29-28(3,4)5)19-26(35)33-16-14-32(15-17-33)25-11-10-23(30-31-25)22-9-8-21(37-6)18-24(22)38-7/h8-11,18,20H,12-17,19H2,1-7H3,(H,29,36). The minimum Gasteiger partial charge on any atom is -0.497 e. The molecule has 1 fully saturated rings. The number of amides is 3. The smallest absolute Gasteiger partial charge is 0.318 e. The number of nitrogens with zero attached hydrogens (tertiary/aromatic N) is 5. The van der Waals surface area contributed by atoms with Crippen LogP contribution in [0.3, 0.4) is 0 Å². The Kier molecular flexibility index (Phi) is 9.77. The first kappa shape index (κ1) is 29.0. The van der Waals surface area contributed by atoms with Crippen LogP contribution in [0.2, 0.25) is 0 Å². The number of rotatable bonds is 9. The van der Waals surface area contributed by atoms with Crippen molar-refractivity contribution in [1.82, 2.24) is 25.3 Å². The van der Waals surface area contributed by atoms with Crippen LogP contribution in [0.1, 0.15) is 41.0 Å². The summed E-state index contributed by atoms with van der Waals surface area (Å²) in [6.45, 7) is 13.1.